The van der Waals surface area contributed by atoms with Gasteiger partial charge in [0.1, 0.15) is 16.5 Å². The monoisotopic (exact) mass is 282 g/mol. The lowest BCUT2D eigenvalue weighted by atomic mass is 10.1. The second-order valence-electron chi connectivity index (χ2n) is 3.60. The number of aromatic nitrogens is 2. The zero-order valence-electron chi connectivity index (χ0n) is 8.82. The van der Waals surface area contributed by atoms with Crippen molar-refractivity contribution < 1.29 is 8.78 Å². The molecule has 2 aromatic heterocycles. The van der Waals surface area contributed by atoms with Gasteiger partial charge in [-0.15, -0.1) is 11.3 Å². The fourth-order valence-electron chi connectivity index (χ4n) is 1.72. The largest absolute Gasteiger partial charge is 0.224 e. The van der Waals surface area contributed by atoms with Crippen LogP contribution in [0.15, 0.2) is 29.6 Å². The van der Waals surface area contributed by atoms with E-state index in [1.807, 2.05) is 5.38 Å². The maximum Gasteiger partial charge on any atom is 0.224 e. The predicted octanol–water partition coefficient (Wildman–Crippen LogP) is 4.29. The van der Waals surface area contributed by atoms with Crippen LogP contribution in [0, 0.1) is 11.6 Å². The van der Waals surface area contributed by atoms with E-state index in [0.29, 0.717) is 15.9 Å². The van der Waals surface area contributed by atoms with Gasteiger partial charge in [0.2, 0.25) is 5.28 Å². The van der Waals surface area contributed by atoms with E-state index in [-0.39, 0.29) is 10.8 Å². The summed E-state index contributed by atoms with van der Waals surface area (Å²) in [6.45, 7) is 0. The smallest absolute Gasteiger partial charge is 0.217 e. The fourth-order valence-corrected chi connectivity index (χ4v) is 2.70. The second-order valence-corrected chi connectivity index (χ2v) is 4.84. The molecular weight excluding hydrogens is 278 g/mol. The minimum absolute atomic E-state index is 0.0451. The number of hydrogen-bond donors (Lipinski definition) is 0. The number of fused-ring (bicyclic) bond motifs is 1. The Kier molecular flexibility index (Phi) is 2.72. The number of halogens is 3. The molecule has 0 radical (unpaired) electrons. The molecule has 0 fully saturated rings. The Balaban J connectivity index is 2.33. The van der Waals surface area contributed by atoms with Crippen molar-refractivity contribution in [2.45, 2.75) is 0 Å². The van der Waals surface area contributed by atoms with Gasteiger partial charge in [0.25, 0.3) is 0 Å². The lowest BCUT2D eigenvalue weighted by Crippen LogP contribution is -1.92. The third-order valence-electron chi connectivity index (χ3n) is 2.48. The molecule has 0 saturated heterocycles. The minimum Gasteiger partial charge on any atom is -0.217 e. The Morgan fingerprint density at radius 1 is 1.11 bits per heavy atom. The molecule has 3 aromatic rings. The van der Waals surface area contributed by atoms with Crippen molar-refractivity contribution in [3.63, 3.8) is 0 Å². The molecule has 0 bridgehead atoms. The van der Waals surface area contributed by atoms with E-state index in [9.17, 15) is 8.78 Å². The van der Waals surface area contributed by atoms with E-state index in [1.165, 1.54) is 23.5 Å². The summed E-state index contributed by atoms with van der Waals surface area (Å²) < 4.78 is 26.7. The van der Waals surface area contributed by atoms with Crippen molar-refractivity contribution in [2.75, 3.05) is 0 Å². The summed E-state index contributed by atoms with van der Waals surface area (Å²) in [5.41, 5.74) is 0.591. The quantitative estimate of drug-likeness (QED) is 0.622. The maximum atomic E-state index is 13.8. The van der Waals surface area contributed by atoms with E-state index in [1.54, 1.807) is 6.07 Å². The van der Waals surface area contributed by atoms with Crippen LogP contribution < -0.4 is 0 Å². The van der Waals surface area contributed by atoms with Crippen LogP contribution in [-0.2, 0) is 0 Å². The van der Waals surface area contributed by atoms with Crippen LogP contribution in [0.5, 0.6) is 0 Å². The molecule has 1 aromatic carbocycles. The maximum absolute atomic E-state index is 13.8. The van der Waals surface area contributed by atoms with Gasteiger partial charge >= 0.3 is 0 Å². The van der Waals surface area contributed by atoms with Crippen LogP contribution in [0.25, 0.3) is 21.5 Å². The van der Waals surface area contributed by atoms with Gasteiger partial charge < -0.3 is 0 Å². The molecule has 0 aliphatic rings. The van der Waals surface area contributed by atoms with Crippen molar-refractivity contribution in [3.8, 4) is 11.3 Å². The highest BCUT2D eigenvalue weighted by Crippen LogP contribution is 2.31. The van der Waals surface area contributed by atoms with Gasteiger partial charge in [0, 0.05) is 17.0 Å². The molecule has 2 heterocycles. The van der Waals surface area contributed by atoms with E-state index in [4.69, 9.17) is 11.6 Å². The molecule has 0 atom stereocenters. The zero-order chi connectivity index (χ0) is 12.7. The lowest BCUT2D eigenvalue weighted by molar-refractivity contribution is 0.585. The van der Waals surface area contributed by atoms with E-state index >= 15 is 0 Å². The molecule has 6 heteroatoms. The lowest BCUT2D eigenvalue weighted by Gasteiger charge is -2.04. The molecule has 3 rings (SSSR count). The van der Waals surface area contributed by atoms with Crippen molar-refractivity contribution in [1.29, 1.82) is 0 Å². The van der Waals surface area contributed by atoms with Gasteiger partial charge in [-0.25, -0.2) is 18.7 Å². The summed E-state index contributed by atoms with van der Waals surface area (Å²) in [5.74, 6) is -1.30. The molecule has 90 valence electrons. The van der Waals surface area contributed by atoms with Crippen molar-refractivity contribution in [1.82, 2.24) is 9.97 Å². The SMILES string of the molecule is Fc1ccc(-c2nc(Cl)nc3sccc23)c(F)c1. The number of rotatable bonds is 1. The molecule has 0 aliphatic heterocycles. The van der Waals surface area contributed by atoms with Crippen molar-refractivity contribution in [2.24, 2.45) is 0 Å². The summed E-state index contributed by atoms with van der Waals surface area (Å²) in [6.07, 6.45) is 0. The fraction of sp³-hybridized carbons (Fsp3) is 0. The highest BCUT2D eigenvalue weighted by molar-refractivity contribution is 7.16. The van der Waals surface area contributed by atoms with E-state index in [2.05, 4.69) is 9.97 Å². The number of nitrogens with zero attached hydrogens (tertiary/aromatic N) is 2. The van der Waals surface area contributed by atoms with E-state index < -0.39 is 11.6 Å². The second kappa shape index (κ2) is 4.26. The Labute approximate surface area is 110 Å². The Bertz CT molecular complexity index is 742. The normalized spacial score (nSPS) is 11.1. The first-order valence-electron chi connectivity index (χ1n) is 5.01. The van der Waals surface area contributed by atoms with Gasteiger partial charge in [-0.3, -0.25) is 0 Å². The third kappa shape index (κ3) is 1.85. The summed E-state index contributed by atoms with van der Waals surface area (Å²) in [7, 11) is 0. The van der Waals surface area contributed by atoms with Gasteiger partial charge in [0.15, 0.2) is 0 Å². The average Bonchev–Trinajstić information content (AvgIpc) is 2.76. The average molecular weight is 283 g/mol. The van der Waals surface area contributed by atoms with Gasteiger partial charge in [-0.1, -0.05) is 0 Å². The van der Waals surface area contributed by atoms with Crippen LogP contribution >= 0.6 is 22.9 Å². The standard InChI is InChI=1S/C12H5ClF2N2S/c13-12-16-10(8-3-4-18-11(8)17-12)7-2-1-6(14)5-9(7)15/h1-5H. The Morgan fingerprint density at radius 2 is 1.94 bits per heavy atom. The molecule has 2 nitrogen and oxygen atoms in total. The molecule has 0 N–H and O–H groups in total. The van der Waals surface area contributed by atoms with Crippen molar-refractivity contribution in [3.05, 3.63) is 46.6 Å². The zero-order valence-corrected chi connectivity index (χ0v) is 10.4. The Morgan fingerprint density at radius 3 is 2.72 bits per heavy atom. The van der Waals surface area contributed by atoms with Crippen LogP contribution in [0.2, 0.25) is 5.28 Å². The van der Waals surface area contributed by atoms with Crippen LogP contribution in [0.3, 0.4) is 0 Å². The first kappa shape index (κ1) is 11.5. The molecule has 0 amide bonds. The summed E-state index contributed by atoms with van der Waals surface area (Å²) in [4.78, 5) is 8.75. The first-order valence-corrected chi connectivity index (χ1v) is 6.27. The molecular formula is C12H5ClF2N2S. The third-order valence-corrected chi connectivity index (χ3v) is 3.46. The highest BCUT2D eigenvalue weighted by Gasteiger charge is 2.14. The molecule has 18 heavy (non-hydrogen) atoms. The van der Waals surface area contributed by atoms with Gasteiger partial charge in [-0.2, -0.15) is 0 Å². The topological polar surface area (TPSA) is 25.8 Å². The van der Waals surface area contributed by atoms with Crippen LogP contribution in [-0.4, -0.2) is 9.97 Å². The molecule has 0 aliphatic carbocycles. The summed E-state index contributed by atoms with van der Waals surface area (Å²) >= 11 is 7.19. The van der Waals surface area contributed by atoms with E-state index in [0.717, 1.165) is 6.07 Å². The van der Waals surface area contributed by atoms with Crippen LogP contribution in [0.1, 0.15) is 0 Å². The van der Waals surface area contributed by atoms with Gasteiger partial charge in [0.05, 0.1) is 5.69 Å². The predicted molar refractivity (Wildman–Crippen MR) is 67.8 cm³/mol. The first-order chi connectivity index (χ1) is 8.65. The van der Waals surface area contributed by atoms with Crippen molar-refractivity contribution >= 4 is 33.2 Å². The summed E-state index contributed by atoms with van der Waals surface area (Å²) in [5, 5.41) is 2.57. The number of benzene rings is 1. The number of hydrogen-bond acceptors (Lipinski definition) is 3. The van der Waals surface area contributed by atoms with Gasteiger partial charge in [-0.05, 0) is 35.2 Å². The van der Waals surface area contributed by atoms with Crippen LogP contribution in [0.4, 0.5) is 8.78 Å². The molecule has 0 spiro atoms. The summed E-state index contributed by atoms with van der Waals surface area (Å²) in [6, 6.07) is 5.14. The Hall–Kier alpha value is -1.59. The minimum atomic E-state index is -0.669. The highest BCUT2D eigenvalue weighted by atomic mass is 35.5. The molecule has 0 saturated carbocycles. The molecule has 0 unspecified atom stereocenters. The number of thiophene rings is 1.